The Morgan fingerprint density at radius 3 is 2.52 bits per heavy atom. The van der Waals surface area contributed by atoms with Crippen LogP contribution < -0.4 is 10.3 Å². The summed E-state index contributed by atoms with van der Waals surface area (Å²) >= 11 is 0. The van der Waals surface area contributed by atoms with Crippen molar-refractivity contribution in [1.82, 2.24) is 9.55 Å². The highest BCUT2D eigenvalue weighted by molar-refractivity contribution is 5.88. The number of rotatable bonds is 4. The molecule has 1 aromatic heterocycles. The Balaban J connectivity index is 2.28. The second kappa shape index (κ2) is 5.92. The second-order valence-corrected chi connectivity index (χ2v) is 4.82. The lowest BCUT2D eigenvalue weighted by Crippen LogP contribution is -2.27. The molecule has 2 aromatic carbocycles. The molecule has 0 bridgehead atoms. The fraction of sp³-hybridized carbons (Fsp3) is 0.118. The van der Waals surface area contributed by atoms with Gasteiger partial charge < -0.3 is 9.84 Å². The maximum Gasteiger partial charge on any atom is 0.360 e. The van der Waals surface area contributed by atoms with Crippen LogP contribution in [0.25, 0.3) is 16.7 Å². The molecule has 6 heteroatoms. The Kier molecular flexibility index (Phi) is 3.80. The number of benzene rings is 2. The molecule has 3 aromatic rings. The maximum atomic E-state index is 12.5. The maximum absolute atomic E-state index is 12.5. The third-order valence-corrected chi connectivity index (χ3v) is 3.37. The summed E-state index contributed by atoms with van der Waals surface area (Å²) in [6.07, 6.45) is 0. The van der Waals surface area contributed by atoms with Gasteiger partial charge in [0.15, 0.2) is 0 Å². The summed E-state index contributed by atoms with van der Waals surface area (Å²) < 4.78 is 6.73. The first-order chi connectivity index (χ1) is 11.1. The summed E-state index contributed by atoms with van der Waals surface area (Å²) in [5.41, 5.74) is 0.377. The largest absolute Gasteiger partial charge is 0.494 e. The van der Waals surface area contributed by atoms with Crippen LogP contribution in [-0.2, 0) is 0 Å². The predicted octanol–water partition coefficient (Wildman–Crippen LogP) is 2.48. The van der Waals surface area contributed by atoms with Crippen LogP contribution in [-0.4, -0.2) is 27.2 Å². The van der Waals surface area contributed by atoms with Crippen molar-refractivity contribution in [3.8, 4) is 11.4 Å². The van der Waals surface area contributed by atoms with Crippen molar-refractivity contribution < 1.29 is 14.6 Å². The van der Waals surface area contributed by atoms with Crippen molar-refractivity contribution in [2.75, 3.05) is 6.61 Å². The van der Waals surface area contributed by atoms with E-state index in [-0.39, 0.29) is 0 Å². The predicted molar refractivity (Wildman–Crippen MR) is 85.5 cm³/mol. The van der Waals surface area contributed by atoms with E-state index in [2.05, 4.69) is 4.98 Å². The number of carbonyl (C=O) groups is 1. The molecule has 0 unspecified atom stereocenters. The molecular weight excluding hydrogens is 296 g/mol. The van der Waals surface area contributed by atoms with Gasteiger partial charge in [-0.25, -0.2) is 9.78 Å². The van der Waals surface area contributed by atoms with Crippen LogP contribution in [0.3, 0.4) is 0 Å². The van der Waals surface area contributed by atoms with E-state index < -0.39 is 17.2 Å². The number of aromatic carboxylic acids is 1. The van der Waals surface area contributed by atoms with Crippen LogP contribution in [0, 0.1) is 0 Å². The van der Waals surface area contributed by atoms with Gasteiger partial charge in [0.25, 0.3) is 5.56 Å². The summed E-state index contributed by atoms with van der Waals surface area (Å²) in [6.45, 7) is 2.43. The summed E-state index contributed by atoms with van der Waals surface area (Å²) in [5.74, 6) is -0.665. The standard InChI is InChI=1S/C17H14N2O4/c1-2-23-12-9-7-11(8-10-12)19-14-6-4-3-5-13(14)18-15(16(19)20)17(21)22/h3-10H,2H2,1H3,(H,21,22). The first-order valence-electron chi connectivity index (χ1n) is 7.10. The fourth-order valence-corrected chi connectivity index (χ4v) is 2.39. The van der Waals surface area contributed by atoms with E-state index in [4.69, 9.17) is 4.74 Å². The average molecular weight is 310 g/mol. The minimum absolute atomic E-state index is 0.443. The van der Waals surface area contributed by atoms with Gasteiger partial charge >= 0.3 is 5.97 Å². The van der Waals surface area contributed by atoms with Gasteiger partial charge in [-0.1, -0.05) is 12.1 Å². The highest BCUT2D eigenvalue weighted by atomic mass is 16.5. The number of hydrogen-bond donors (Lipinski definition) is 1. The minimum Gasteiger partial charge on any atom is -0.494 e. The number of para-hydroxylation sites is 2. The zero-order valence-corrected chi connectivity index (χ0v) is 12.4. The monoisotopic (exact) mass is 310 g/mol. The number of carboxylic acid groups (broad SMARTS) is 1. The molecule has 23 heavy (non-hydrogen) atoms. The van der Waals surface area contributed by atoms with Crippen LogP contribution >= 0.6 is 0 Å². The first kappa shape index (κ1) is 14.8. The van der Waals surface area contributed by atoms with Crippen molar-refractivity contribution in [3.63, 3.8) is 0 Å². The molecule has 116 valence electrons. The fourth-order valence-electron chi connectivity index (χ4n) is 2.39. The lowest BCUT2D eigenvalue weighted by atomic mass is 10.2. The highest BCUT2D eigenvalue weighted by Crippen LogP contribution is 2.18. The van der Waals surface area contributed by atoms with Gasteiger partial charge in [0.2, 0.25) is 5.69 Å². The smallest absolute Gasteiger partial charge is 0.360 e. The quantitative estimate of drug-likeness (QED) is 0.800. The minimum atomic E-state index is -1.35. The van der Waals surface area contributed by atoms with Crippen LogP contribution in [0.1, 0.15) is 17.4 Å². The topological polar surface area (TPSA) is 81.4 Å². The summed E-state index contributed by atoms with van der Waals surface area (Å²) in [5, 5.41) is 9.21. The van der Waals surface area contributed by atoms with Crippen molar-refractivity contribution in [1.29, 1.82) is 0 Å². The van der Waals surface area contributed by atoms with Crippen molar-refractivity contribution in [2.45, 2.75) is 6.92 Å². The Hall–Kier alpha value is -3.15. The van der Waals surface area contributed by atoms with Gasteiger partial charge in [-0.2, -0.15) is 0 Å². The zero-order valence-electron chi connectivity index (χ0n) is 12.4. The highest BCUT2D eigenvalue weighted by Gasteiger charge is 2.17. The summed E-state index contributed by atoms with van der Waals surface area (Å²) in [6, 6.07) is 13.8. The molecule has 6 nitrogen and oxygen atoms in total. The molecule has 3 rings (SSSR count). The average Bonchev–Trinajstić information content (AvgIpc) is 2.55. The van der Waals surface area contributed by atoms with Gasteiger partial charge in [0, 0.05) is 5.69 Å². The number of nitrogens with zero attached hydrogens (tertiary/aromatic N) is 2. The van der Waals surface area contributed by atoms with Crippen molar-refractivity contribution in [3.05, 3.63) is 64.6 Å². The summed E-state index contributed by atoms with van der Waals surface area (Å²) in [4.78, 5) is 27.8. The lowest BCUT2D eigenvalue weighted by molar-refractivity contribution is 0.0688. The third-order valence-electron chi connectivity index (χ3n) is 3.37. The molecule has 1 heterocycles. The number of ether oxygens (including phenoxy) is 1. The van der Waals surface area contributed by atoms with Crippen LogP contribution in [0.4, 0.5) is 0 Å². The molecule has 0 aliphatic rings. The normalized spacial score (nSPS) is 10.7. The number of fused-ring (bicyclic) bond motifs is 1. The Morgan fingerprint density at radius 2 is 1.87 bits per heavy atom. The molecule has 0 saturated carbocycles. The molecule has 0 aliphatic carbocycles. The molecule has 0 atom stereocenters. The van der Waals surface area contributed by atoms with Gasteiger partial charge in [-0.3, -0.25) is 9.36 Å². The SMILES string of the molecule is CCOc1ccc(-n2c(=O)c(C(=O)O)nc3ccccc32)cc1. The van der Waals surface area contributed by atoms with Crippen LogP contribution in [0.2, 0.25) is 0 Å². The van der Waals surface area contributed by atoms with Crippen LogP contribution in [0.15, 0.2) is 53.3 Å². The number of carboxylic acids is 1. The molecule has 0 fully saturated rings. The van der Waals surface area contributed by atoms with E-state index in [1.54, 1.807) is 48.5 Å². The second-order valence-electron chi connectivity index (χ2n) is 4.82. The zero-order chi connectivity index (χ0) is 16.4. The number of aromatic nitrogens is 2. The van der Waals surface area contributed by atoms with Gasteiger partial charge in [-0.05, 0) is 43.3 Å². The van der Waals surface area contributed by atoms with E-state index in [1.165, 1.54) is 4.57 Å². The molecule has 0 spiro atoms. The van der Waals surface area contributed by atoms with Gasteiger partial charge in [0.05, 0.1) is 17.6 Å². The Labute approximate surface area is 131 Å². The van der Waals surface area contributed by atoms with Crippen molar-refractivity contribution in [2.24, 2.45) is 0 Å². The van der Waals surface area contributed by atoms with Gasteiger partial charge in [0.1, 0.15) is 5.75 Å². The van der Waals surface area contributed by atoms with Crippen LogP contribution in [0.5, 0.6) is 5.75 Å². The molecule has 0 saturated heterocycles. The molecule has 1 N–H and O–H groups in total. The molecule has 0 aliphatic heterocycles. The first-order valence-corrected chi connectivity index (χ1v) is 7.10. The Bertz CT molecular complexity index is 929. The molecule has 0 radical (unpaired) electrons. The summed E-state index contributed by atoms with van der Waals surface area (Å²) in [7, 11) is 0. The number of hydrogen-bond acceptors (Lipinski definition) is 4. The van der Waals surface area contributed by atoms with E-state index in [0.29, 0.717) is 29.1 Å². The van der Waals surface area contributed by atoms with E-state index >= 15 is 0 Å². The molecular formula is C17H14N2O4. The Morgan fingerprint density at radius 1 is 1.17 bits per heavy atom. The molecule has 0 amide bonds. The third kappa shape index (κ3) is 2.66. The van der Waals surface area contributed by atoms with Crippen molar-refractivity contribution >= 4 is 17.0 Å². The van der Waals surface area contributed by atoms with E-state index in [1.807, 2.05) is 6.92 Å². The van der Waals surface area contributed by atoms with Gasteiger partial charge in [-0.15, -0.1) is 0 Å². The van der Waals surface area contributed by atoms with E-state index in [9.17, 15) is 14.7 Å². The van der Waals surface area contributed by atoms with E-state index in [0.717, 1.165) is 0 Å². The lowest BCUT2D eigenvalue weighted by Gasteiger charge is -2.11.